The molecule has 0 radical (unpaired) electrons. The van der Waals surface area contributed by atoms with Crippen LogP contribution in [0, 0.1) is 5.82 Å². The highest BCUT2D eigenvalue weighted by molar-refractivity contribution is 9.10. The molecule has 0 unspecified atom stereocenters. The highest BCUT2D eigenvalue weighted by Crippen LogP contribution is 2.36. The molecule has 39 heavy (non-hydrogen) atoms. The first-order chi connectivity index (χ1) is 18.8. The number of anilines is 2. The van der Waals surface area contributed by atoms with Crippen LogP contribution in [-0.2, 0) is 14.4 Å². The fourth-order valence-electron chi connectivity index (χ4n) is 3.02. The van der Waals surface area contributed by atoms with Crippen molar-refractivity contribution in [1.29, 1.82) is 0 Å². The number of methoxy groups -OCH3 is 1. The van der Waals surface area contributed by atoms with Gasteiger partial charge in [-0.1, -0.05) is 12.7 Å². The second-order valence-electron chi connectivity index (χ2n) is 7.66. The van der Waals surface area contributed by atoms with E-state index in [-0.39, 0.29) is 18.1 Å². The average Bonchev–Trinajstić information content (AvgIpc) is 2.93. The Morgan fingerprint density at radius 3 is 2.31 bits per heavy atom. The Bertz CT molecular complexity index is 1360. The van der Waals surface area contributed by atoms with Crippen LogP contribution in [0.2, 0.25) is 0 Å². The lowest BCUT2D eigenvalue weighted by molar-refractivity contribution is -0.136. The molecule has 0 aliphatic carbocycles. The number of halogens is 2. The maximum absolute atomic E-state index is 13.0. The first kappa shape index (κ1) is 28.9. The molecule has 3 N–H and O–H groups in total. The Morgan fingerprint density at radius 1 is 0.974 bits per heavy atom. The van der Waals surface area contributed by atoms with Crippen molar-refractivity contribution in [2.75, 3.05) is 31.0 Å². The second kappa shape index (κ2) is 14.3. The highest BCUT2D eigenvalue weighted by atomic mass is 79.9. The van der Waals surface area contributed by atoms with E-state index in [2.05, 4.69) is 43.7 Å². The third-order valence-electron chi connectivity index (χ3n) is 4.79. The molecule has 0 aromatic heterocycles. The predicted molar refractivity (Wildman–Crippen MR) is 148 cm³/mol. The molecule has 0 aliphatic rings. The lowest BCUT2D eigenvalue weighted by Gasteiger charge is -2.13. The lowest BCUT2D eigenvalue weighted by atomic mass is 10.2. The number of ether oxygens (including phenoxy) is 3. The van der Waals surface area contributed by atoms with Gasteiger partial charge in [-0.2, -0.15) is 5.10 Å². The molecule has 0 fully saturated rings. The summed E-state index contributed by atoms with van der Waals surface area (Å²) < 4.78 is 29.8. The maximum atomic E-state index is 13.0. The summed E-state index contributed by atoms with van der Waals surface area (Å²) in [5, 5.41) is 8.85. The number of nitrogens with zero attached hydrogens (tertiary/aromatic N) is 1. The molecule has 0 aliphatic heterocycles. The zero-order valence-corrected chi connectivity index (χ0v) is 22.3. The molecule has 0 spiro atoms. The van der Waals surface area contributed by atoms with Gasteiger partial charge in [0.15, 0.2) is 18.1 Å². The monoisotopic (exact) mass is 598 g/mol. The van der Waals surface area contributed by atoms with Gasteiger partial charge in [0, 0.05) is 11.4 Å². The molecular formula is C27H24BrFN4O6. The minimum atomic E-state index is -0.976. The molecule has 3 amide bonds. The Morgan fingerprint density at radius 2 is 1.64 bits per heavy atom. The van der Waals surface area contributed by atoms with Gasteiger partial charge in [0.2, 0.25) is 0 Å². The molecule has 0 atom stereocenters. The van der Waals surface area contributed by atoms with Gasteiger partial charge in [0.25, 0.3) is 5.91 Å². The molecule has 10 nitrogen and oxygen atoms in total. The molecule has 0 saturated heterocycles. The molecule has 3 aromatic rings. The Hall–Kier alpha value is -4.71. The van der Waals surface area contributed by atoms with Gasteiger partial charge in [0.05, 0.1) is 17.8 Å². The van der Waals surface area contributed by atoms with E-state index in [0.717, 1.165) is 0 Å². The Balaban J connectivity index is 1.54. The highest BCUT2D eigenvalue weighted by Gasteiger charge is 2.15. The summed E-state index contributed by atoms with van der Waals surface area (Å²) in [6.45, 7) is 3.58. The van der Waals surface area contributed by atoms with E-state index in [1.54, 1.807) is 42.5 Å². The molecule has 3 aromatic carbocycles. The summed E-state index contributed by atoms with van der Waals surface area (Å²) in [4.78, 5) is 36.4. The molecule has 0 bridgehead atoms. The summed E-state index contributed by atoms with van der Waals surface area (Å²) >= 11 is 3.36. The quantitative estimate of drug-likeness (QED) is 0.131. The van der Waals surface area contributed by atoms with Crippen LogP contribution in [0.3, 0.4) is 0 Å². The van der Waals surface area contributed by atoms with Crippen LogP contribution >= 0.6 is 15.9 Å². The standard InChI is InChI=1S/C27H24BrFN4O6/c1-3-12-38-21-10-8-20(9-11-21)32-26(35)27(36)33-30-15-17-13-22(28)25(23(14-17)37-2)39-16-24(34)31-19-6-4-18(29)5-7-19/h3-11,13-15H,1,12,16H2,2H3,(H,31,34)(H,32,35)(H,33,36)/b30-15-. The van der Waals surface area contributed by atoms with Gasteiger partial charge in [0.1, 0.15) is 18.2 Å². The predicted octanol–water partition coefficient (Wildman–Crippen LogP) is 4.27. The van der Waals surface area contributed by atoms with Crippen molar-refractivity contribution < 1.29 is 33.0 Å². The van der Waals surface area contributed by atoms with E-state index in [1.807, 2.05) is 0 Å². The van der Waals surface area contributed by atoms with Crippen LogP contribution in [0.15, 0.2) is 82.9 Å². The number of benzene rings is 3. The molecule has 202 valence electrons. The fourth-order valence-corrected chi connectivity index (χ4v) is 3.59. The van der Waals surface area contributed by atoms with Crippen molar-refractivity contribution in [2.45, 2.75) is 0 Å². The number of hydrazone groups is 1. The van der Waals surface area contributed by atoms with E-state index >= 15 is 0 Å². The normalized spacial score (nSPS) is 10.4. The summed E-state index contributed by atoms with van der Waals surface area (Å²) in [7, 11) is 1.42. The molecule has 0 saturated carbocycles. The van der Waals surface area contributed by atoms with Crippen molar-refractivity contribution in [1.82, 2.24) is 5.43 Å². The lowest BCUT2D eigenvalue weighted by Crippen LogP contribution is -2.32. The van der Waals surface area contributed by atoms with Crippen molar-refractivity contribution in [2.24, 2.45) is 5.10 Å². The number of amides is 3. The topological polar surface area (TPSA) is 127 Å². The summed E-state index contributed by atoms with van der Waals surface area (Å²) in [6, 6.07) is 15.0. The van der Waals surface area contributed by atoms with Gasteiger partial charge in [-0.15, -0.1) is 0 Å². The van der Waals surface area contributed by atoms with Crippen molar-refractivity contribution >= 4 is 51.2 Å². The minimum absolute atomic E-state index is 0.258. The van der Waals surface area contributed by atoms with E-state index in [0.29, 0.717) is 33.8 Å². The first-order valence-electron chi connectivity index (χ1n) is 11.3. The Kier molecular flexibility index (Phi) is 10.6. The average molecular weight is 599 g/mol. The largest absolute Gasteiger partial charge is 0.493 e. The molecule has 0 heterocycles. The van der Waals surface area contributed by atoms with E-state index < -0.39 is 23.5 Å². The number of hydrogen-bond acceptors (Lipinski definition) is 7. The smallest absolute Gasteiger partial charge is 0.329 e. The molecular weight excluding hydrogens is 575 g/mol. The van der Waals surface area contributed by atoms with Crippen molar-refractivity contribution in [3.8, 4) is 17.2 Å². The van der Waals surface area contributed by atoms with Gasteiger partial charge in [-0.3, -0.25) is 14.4 Å². The van der Waals surface area contributed by atoms with Crippen LogP contribution in [-0.4, -0.2) is 44.3 Å². The number of hydrogen-bond donors (Lipinski definition) is 3. The Labute approximate surface area is 232 Å². The third-order valence-corrected chi connectivity index (χ3v) is 5.38. The van der Waals surface area contributed by atoms with Crippen molar-refractivity contribution in [3.05, 3.63) is 89.2 Å². The van der Waals surface area contributed by atoms with Gasteiger partial charge in [-0.25, -0.2) is 9.82 Å². The minimum Gasteiger partial charge on any atom is -0.493 e. The summed E-state index contributed by atoms with van der Waals surface area (Å²) in [5.74, 6) is -1.63. The van der Waals surface area contributed by atoms with E-state index in [9.17, 15) is 18.8 Å². The zero-order valence-electron chi connectivity index (χ0n) is 20.7. The number of rotatable bonds is 11. The van der Waals surface area contributed by atoms with Crippen LogP contribution in [0.4, 0.5) is 15.8 Å². The number of nitrogens with one attached hydrogen (secondary N) is 3. The summed E-state index contributed by atoms with van der Waals surface area (Å²) in [5.41, 5.74) is 3.47. The third kappa shape index (κ3) is 8.97. The first-order valence-corrected chi connectivity index (χ1v) is 12.1. The maximum Gasteiger partial charge on any atom is 0.329 e. The number of carbonyl (C=O) groups is 3. The zero-order chi connectivity index (χ0) is 28.2. The number of carbonyl (C=O) groups excluding carboxylic acids is 3. The van der Waals surface area contributed by atoms with Gasteiger partial charge in [-0.05, 0) is 82.2 Å². The molecule has 3 rings (SSSR count). The van der Waals surface area contributed by atoms with Crippen LogP contribution in [0.5, 0.6) is 17.2 Å². The van der Waals surface area contributed by atoms with Gasteiger partial charge >= 0.3 is 11.8 Å². The van der Waals surface area contributed by atoms with Crippen LogP contribution in [0.1, 0.15) is 5.56 Å². The van der Waals surface area contributed by atoms with Crippen molar-refractivity contribution in [3.63, 3.8) is 0 Å². The molecule has 12 heteroatoms. The summed E-state index contributed by atoms with van der Waals surface area (Å²) in [6.07, 6.45) is 2.91. The van der Waals surface area contributed by atoms with Crippen LogP contribution < -0.4 is 30.3 Å². The second-order valence-corrected chi connectivity index (χ2v) is 8.51. The van der Waals surface area contributed by atoms with Gasteiger partial charge < -0.3 is 24.8 Å². The fraction of sp³-hybridized carbons (Fsp3) is 0.111. The van der Waals surface area contributed by atoms with E-state index in [4.69, 9.17) is 14.2 Å². The SMILES string of the molecule is C=CCOc1ccc(NC(=O)C(=O)N/N=C\c2cc(Br)c(OCC(=O)Nc3ccc(F)cc3)c(OC)c2)cc1. The van der Waals surface area contributed by atoms with Crippen LogP contribution in [0.25, 0.3) is 0 Å². The van der Waals surface area contributed by atoms with E-state index in [1.165, 1.54) is 37.6 Å².